The summed E-state index contributed by atoms with van der Waals surface area (Å²) in [6, 6.07) is 7.49. The van der Waals surface area contributed by atoms with Gasteiger partial charge in [0.2, 0.25) is 5.91 Å². The monoisotopic (exact) mass is 294 g/mol. The number of amides is 1. The van der Waals surface area contributed by atoms with Crippen molar-refractivity contribution in [3.05, 3.63) is 34.9 Å². The third kappa shape index (κ3) is 4.80. The van der Waals surface area contributed by atoms with Crippen LogP contribution in [0.1, 0.15) is 24.8 Å². The molecule has 110 valence electrons. The van der Waals surface area contributed by atoms with Gasteiger partial charge in [0.1, 0.15) is 0 Å². The molecule has 1 fully saturated rings. The number of likely N-dealkylation sites (N-methyl/N-ethyl adjacent to an activating group) is 1. The van der Waals surface area contributed by atoms with Crippen LogP contribution in [0.25, 0.3) is 0 Å². The number of piperidine rings is 1. The lowest BCUT2D eigenvalue weighted by Crippen LogP contribution is -2.39. The van der Waals surface area contributed by atoms with Crippen molar-refractivity contribution < 1.29 is 4.79 Å². The number of likely N-dealkylation sites (tertiary alicyclic amines) is 1. The highest BCUT2D eigenvalue weighted by Gasteiger charge is 2.13. The van der Waals surface area contributed by atoms with Gasteiger partial charge in [0.25, 0.3) is 0 Å². The third-order valence-electron chi connectivity index (χ3n) is 3.89. The first-order chi connectivity index (χ1) is 9.65. The number of hydrogen-bond donors (Lipinski definition) is 0. The van der Waals surface area contributed by atoms with E-state index in [0.717, 1.165) is 18.7 Å². The Morgan fingerprint density at radius 2 is 1.85 bits per heavy atom. The summed E-state index contributed by atoms with van der Waals surface area (Å²) < 4.78 is 0. The first-order valence-corrected chi connectivity index (χ1v) is 7.74. The second-order valence-electron chi connectivity index (χ2n) is 5.52. The minimum atomic E-state index is 0.171. The zero-order chi connectivity index (χ0) is 14.4. The fraction of sp³-hybridized carbons (Fsp3) is 0.562. The van der Waals surface area contributed by atoms with E-state index in [-0.39, 0.29) is 5.91 Å². The molecule has 1 amide bonds. The smallest absolute Gasteiger partial charge is 0.226 e. The van der Waals surface area contributed by atoms with Gasteiger partial charge in [0, 0.05) is 25.2 Å². The predicted octanol–water partition coefficient (Wildman–Crippen LogP) is 2.83. The van der Waals surface area contributed by atoms with Gasteiger partial charge in [-0.1, -0.05) is 30.2 Å². The molecule has 0 spiro atoms. The SMILES string of the molecule is CN(CCN1CCCCC1)C(=O)Cc1ccc(Cl)cc1. The maximum atomic E-state index is 12.1. The molecule has 0 radical (unpaired) electrons. The number of nitrogens with zero attached hydrogens (tertiary/aromatic N) is 2. The molecule has 0 aliphatic carbocycles. The zero-order valence-electron chi connectivity index (χ0n) is 12.1. The Bertz CT molecular complexity index is 427. The minimum Gasteiger partial charge on any atom is -0.344 e. The molecule has 20 heavy (non-hydrogen) atoms. The molecule has 0 unspecified atom stereocenters. The summed E-state index contributed by atoms with van der Waals surface area (Å²) in [5.41, 5.74) is 1.02. The van der Waals surface area contributed by atoms with Crippen LogP contribution in [0.2, 0.25) is 5.02 Å². The molecular formula is C16H23ClN2O. The molecule has 1 aromatic carbocycles. The summed E-state index contributed by atoms with van der Waals surface area (Å²) in [5, 5.41) is 0.708. The zero-order valence-corrected chi connectivity index (χ0v) is 12.9. The lowest BCUT2D eigenvalue weighted by atomic mass is 10.1. The van der Waals surface area contributed by atoms with Gasteiger partial charge in [0.05, 0.1) is 6.42 Å². The van der Waals surface area contributed by atoms with Gasteiger partial charge in [-0.05, 0) is 43.6 Å². The number of hydrogen-bond acceptors (Lipinski definition) is 2. The van der Waals surface area contributed by atoms with Crippen LogP contribution in [0.5, 0.6) is 0 Å². The lowest BCUT2D eigenvalue weighted by molar-refractivity contribution is -0.129. The number of halogens is 1. The summed E-state index contributed by atoms with van der Waals surface area (Å²) in [5.74, 6) is 0.171. The molecule has 1 aliphatic rings. The summed E-state index contributed by atoms with van der Waals surface area (Å²) in [6.45, 7) is 4.16. The highest BCUT2D eigenvalue weighted by atomic mass is 35.5. The molecule has 0 bridgehead atoms. The third-order valence-corrected chi connectivity index (χ3v) is 4.15. The molecule has 1 heterocycles. The van der Waals surface area contributed by atoms with E-state index in [9.17, 15) is 4.79 Å². The number of benzene rings is 1. The number of carbonyl (C=O) groups is 1. The first-order valence-electron chi connectivity index (χ1n) is 7.36. The van der Waals surface area contributed by atoms with E-state index in [2.05, 4.69) is 4.90 Å². The van der Waals surface area contributed by atoms with Crippen LogP contribution >= 0.6 is 11.6 Å². The highest BCUT2D eigenvalue weighted by molar-refractivity contribution is 6.30. The minimum absolute atomic E-state index is 0.171. The first kappa shape index (κ1) is 15.3. The summed E-state index contributed by atoms with van der Waals surface area (Å²) in [4.78, 5) is 16.4. The van der Waals surface area contributed by atoms with Gasteiger partial charge in [0.15, 0.2) is 0 Å². The normalized spacial score (nSPS) is 16.1. The largest absolute Gasteiger partial charge is 0.344 e. The van der Waals surface area contributed by atoms with Crippen LogP contribution in [0.4, 0.5) is 0 Å². The average molecular weight is 295 g/mol. The van der Waals surface area contributed by atoms with E-state index >= 15 is 0 Å². The number of rotatable bonds is 5. The van der Waals surface area contributed by atoms with Crippen molar-refractivity contribution >= 4 is 17.5 Å². The van der Waals surface area contributed by atoms with E-state index in [1.165, 1.54) is 32.4 Å². The topological polar surface area (TPSA) is 23.6 Å². The Labute approximate surface area is 126 Å². The van der Waals surface area contributed by atoms with Crippen LogP contribution in [-0.2, 0) is 11.2 Å². The van der Waals surface area contributed by atoms with E-state index in [0.29, 0.717) is 11.4 Å². The van der Waals surface area contributed by atoms with Crippen molar-refractivity contribution in [2.75, 3.05) is 33.2 Å². The Hall–Kier alpha value is -1.06. The molecule has 2 rings (SSSR count). The van der Waals surface area contributed by atoms with Gasteiger partial charge in [-0.3, -0.25) is 4.79 Å². The van der Waals surface area contributed by atoms with Gasteiger partial charge < -0.3 is 9.80 Å². The molecule has 0 N–H and O–H groups in total. The fourth-order valence-electron chi connectivity index (χ4n) is 2.51. The molecule has 1 saturated heterocycles. The Balaban J connectivity index is 1.75. The molecule has 0 saturated carbocycles. The average Bonchev–Trinajstić information content (AvgIpc) is 2.48. The standard InChI is InChI=1S/C16H23ClN2O/c1-18(11-12-19-9-3-2-4-10-19)16(20)13-14-5-7-15(17)8-6-14/h5-8H,2-4,9-13H2,1H3. The van der Waals surface area contributed by atoms with Crippen LogP contribution in [0, 0.1) is 0 Å². The van der Waals surface area contributed by atoms with Crippen LogP contribution < -0.4 is 0 Å². The molecular weight excluding hydrogens is 272 g/mol. The summed E-state index contributed by atoms with van der Waals surface area (Å²) >= 11 is 5.85. The van der Waals surface area contributed by atoms with Crippen molar-refractivity contribution in [3.63, 3.8) is 0 Å². The van der Waals surface area contributed by atoms with E-state index < -0.39 is 0 Å². The highest BCUT2D eigenvalue weighted by Crippen LogP contribution is 2.11. The maximum Gasteiger partial charge on any atom is 0.226 e. The van der Waals surface area contributed by atoms with Crippen molar-refractivity contribution in [2.45, 2.75) is 25.7 Å². The molecule has 1 aromatic rings. The van der Waals surface area contributed by atoms with Crippen molar-refractivity contribution in [2.24, 2.45) is 0 Å². The molecule has 4 heteroatoms. The van der Waals surface area contributed by atoms with E-state index in [1.54, 1.807) is 0 Å². The van der Waals surface area contributed by atoms with Gasteiger partial charge in [-0.25, -0.2) is 0 Å². The quantitative estimate of drug-likeness (QED) is 0.834. The molecule has 3 nitrogen and oxygen atoms in total. The van der Waals surface area contributed by atoms with Crippen LogP contribution in [0.3, 0.4) is 0 Å². The van der Waals surface area contributed by atoms with E-state index in [4.69, 9.17) is 11.6 Å². The summed E-state index contributed by atoms with van der Waals surface area (Å²) in [7, 11) is 1.89. The number of carbonyl (C=O) groups excluding carboxylic acids is 1. The Morgan fingerprint density at radius 3 is 2.50 bits per heavy atom. The van der Waals surface area contributed by atoms with Crippen molar-refractivity contribution in [1.82, 2.24) is 9.80 Å². The second kappa shape index (κ2) is 7.65. The fourth-order valence-corrected chi connectivity index (χ4v) is 2.64. The second-order valence-corrected chi connectivity index (χ2v) is 5.96. The Morgan fingerprint density at radius 1 is 1.20 bits per heavy atom. The maximum absolute atomic E-state index is 12.1. The van der Waals surface area contributed by atoms with Gasteiger partial charge in [-0.2, -0.15) is 0 Å². The van der Waals surface area contributed by atoms with Crippen LogP contribution in [0.15, 0.2) is 24.3 Å². The van der Waals surface area contributed by atoms with E-state index in [1.807, 2.05) is 36.2 Å². The van der Waals surface area contributed by atoms with Gasteiger partial charge in [-0.15, -0.1) is 0 Å². The van der Waals surface area contributed by atoms with Crippen LogP contribution in [-0.4, -0.2) is 48.9 Å². The Kier molecular flexibility index (Phi) is 5.86. The summed E-state index contributed by atoms with van der Waals surface area (Å²) in [6.07, 6.45) is 4.39. The molecule has 0 aromatic heterocycles. The lowest BCUT2D eigenvalue weighted by Gasteiger charge is -2.28. The molecule has 0 atom stereocenters. The van der Waals surface area contributed by atoms with Crippen molar-refractivity contribution in [3.8, 4) is 0 Å². The van der Waals surface area contributed by atoms with Gasteiger partial charge >= 0.3 is 0 Å². The van der Waals surface area contributed by atoms with Crippen molar-refractivity contribution in [1.29, 1.82) is 0 Å². The predicted molar refractivity (Wildman–Crippen MR) is 83.1 cm³/mol. The molecule has 1 aliphatic heterocycles.